The van der Waals surface area contributed by atoms with Crippen molar-refractivity contribution in [2.24, 2.45) is 0 Å². The van der Waals surface area contributed by atoms with Crippen molar-refractivity contribution in [3.63, 3.8) is 0 Å². The van der Waals surface area contributed by atoms with Crippen molar-refractivity contribution in [3.8, 4) is 5.75 Å². The average molecular weight is 400 g/mol. The second-order valence-corrected chi connectivity index (χ2v) is 7.21. The molecule has 2 aromatic carbocycles. The highest BCUT2D eigenvalue weighted by Crippen LogP contribution is 2.22. The molecule has 2 aromatic rings. The summed E-state index contributed by atoms with van der Waals surface area (Å²) in [5.74, 6) is -0.146. The molecule has 0 bridgehead atoms. The van der Waals surface area contributed by atoms with Crippen molar-refractivity contribution in [1.29, 1.82) is 0 Å². The van der Waals surface area contributed by atoms with Gasteiger partial charge in [0, 0.05) is 18.3 Å². The maximum atomic E-state index is 11.4. The molecule has 1 N–H and O–H groups in total. The largest absolute Gasteiger partial charge is 0.494 e. The summed E-state index contributed by atoms with van der Waals surface area (Å²) in [6.07, 6.45) is 7.44. The van der Waals surface area contributed by atoms with Crippen LogP contribution in [0.2, 0.25) is 0 Å². The van der Waals surface area contributed by atoms with E-state index in [1.807, 2.05) is 36.2 Å². The molecule has 0 heterocycles. The van der Waals surface area contributed by atoms with Gasteiger partial charge in [-0.1, -0.05) is 69.4 Å². The van der Waals surface area contributed by atoms with Crippen LogP contribution in [0.3, 0.4) is 0 Å². The number of aromatic carboxylic acids is 1. The number of carboxylic acid groups (broad SMARTS) is 1. The van der Waals surface area contributed by atoms with Crippen LogP contribution in [0.5, 0.6) is 5.75 Å². The molecular formula is C23H29NO3S. The normalized spacial score (nSPS) is 10.5. The number of carbonyl (C=O) groups is 1. The predicted octanol–water partition coefficient (Wildman–Crippen LogP) is 5.94. The van der Waals surface area contributed by atoms with Crippen molar-refractivity contribution in [3.05, 3.63) is 59.7 Å². The Bertz CT molecular complexity index is 774. The number of thiocarbonyl (C=S) groups is 1. The van der Waals surface area contributed by atoms with Gasteiger partial charge in [0.25, 0.3) is 0 Å². The monoisotopic (exact) mass is 399 g/mol. The number of rotatable bonds is 11. The smallest absolute Gasteiger partial charge is 0.336 e. The molecule has 0 aliphatic heterocycles. The highest BCUT2D eigenvalue weighted by molar-refractivity contribution is 7.81. The first-order valence-corrected chi connectivity index (χ1v) is 10.3. The topological polar surface area (TPSA) is 49.8 Å². The Morgan fingerprint density at radius 1 is 0.964 bits per heavy atom. The molecule has 0 aromatic heterocycles. The first-order chi connectivity index (χ1) is 13.5. The Morgan fingerprint density at radius 3 is 2.21 bits per heavy atom. The molecular weight excluding hydrogens is 370 g/mol. The molecule has 2 rings (SSSR count). The van der Waals surface area contributed by atoms with E-state index in [2.05, 4.69) is 6.92 Å². The number of ether oxygens (including phenoxy) is 1. The van der Waals surface area contributed by atoms with Crippen LogP contribution < -0.4 is 9.64 Å². The van der Waals surface area contributed by atoms with Crippen LogP contribution in [0.15, 0.2) is 48.5 Å². The molecule has 28 heavy (non-hydrogen) atoms. The van der Waals surface area contributed by atoms with E-state index >= 15 is 0 Å². The van der Waals surface area contributed by atoms with E-state index in [4.69, 9.17) is 17.0 Å². The quantitative estimate of drug-likeness (QED) is 0.374. The van der Waals surface area contributed by atoms with E-state index in [9.17, 15) is 9.90 Å². The summed E-state index contributed by atoms with van der Waals surface area (Å²) < 4.78 is 5.81. The molecule has 0 saturated heterocycles. The maximum Gasteiger partial charge on any atom is 0.336 e. The Kier molecular flexibility index (Phi) is 8.95. The zero-order chi connectivity index (χ0) is 20.4. The van der Waals surface area contributed by atoms with Crippen molar-refractivity contribution in [2.45, 2.75) is 45.4 Å². The van der Waals surface area contributed by atoms with Gasteiger partial charge in [-0.15, -0.1) is 0 Å². The van der Waals surface area contributed by atoms with Gasteiger partial charge >= 0.3 is 5.97 Å². The van der Waals surface area contributed by atoms with Crippen LogP contribution in [-0.2, 0) is 0 Å². The van der Waals surface area contributed by atoms with Crippen molar-refractivity contribution in [2.75, 3.05) is 18.6 Å². The second kappa shape index (κ2) is 11.4. The molecule has 150 valence electrons. The van der Waals surface area contributed by atoms with Gasteiger partial charge in [-0.3, -0.25) is 0 Å². The van der Waals surface area contributed by atoms with E-state index in [1.54, 1.807) is 24.3 Å². The number of hydrogen-bond acceptors (Lipinski definition) is 3. The Balaban J connectivity index is 1.90. The fraction of sp³-hybridized carbons (Fsp3) is 0.391. The Morgan fingerprint density at radius 2 is 1.57 bits per heavy atom. The molecule has 0 radical (unpaired) electrons. The fourth-order valence-electron chi connectivity index (χ4n) is 2.99. The zero-order valence-electron chi connectivity index (χ0n) is 16.7. The molecule has 0 aliphatic carbocycles. The van der Waals surface area contributed by atoms with Crippen LogP contribution in [0.25, 0.3) is 0 Å². The number of hydrogen-bond donors (Lipinski definition) is 1. The standard InChI is InChI=1S/C23H29NO3S/c1-3-4-5-6-7-10-17-27-19-15-13-18(14-16-19)24(2)22(28)20-11-8-9-12-21(20)23(25)26/h8-9,11-16H,3-7,10,17H2,1-2H3,(H,25,26). The second-order valence-electron chi connectivity index (χ2n) is 6.83. The van der Waals surface area contributed by atoms with Crippen molar-refractivity contribution in [1.82, 2.24) is 0 Å². The molecule has 0 saturated carbocycles. The van der Waals surface area contributed by atoms with Crippen molar-refractivity contribution < 1.29 is 14.6 Å². The van der Waals surface area contributed by atoms with E-state index in [0.29, 0.717) is 10.6 Å². The van der Waals surface area contributed by atoms with Crippen LogP contribution in [-0.4, -0.2) is 29.7 Å². The maximum absolute atomic E-state index is 11.4. The van der Waals surface area contributed by atoms with Gasteiger partial charge < -0.3 is 14.7 Å². The van der Waals surface area contributed by atoms with E-state index in [1.165, 1.54) is 32.1 Å². The molecule has 0 fully saturated rings. The minimum absolute atomic E-state index is 0.207. The summed E-state index contributed by atoms with van der Waals surface area (Å²) in [4.78, 5) is 13.7. The summed E-state index contributed by atoms with van der Waals surface area (Å²) in [6.45, 7) is 2.95. The van der Waals surface area contributed by atoms with Gasteiger partial charge in [-0.25, -0.2) is 4.79 Å². The van der Waals surface area contributed by atoms with Gasteiger partial charge in [0.2, 0.25) is 0 Å². The minimum Gasteiger partial charge on any atom is -0.494 e. The predicted molar refractivity (Wildman–Crippen MR) is 119 cm³/mol. The number of nitrogens with zero attached hydrogens (tertiary/aromatic N) is 1. The lowest BCUT2D eigenvalue weighted by Crippen LogP contribution is -2.26. The van der Waals surface area contributed by atoms with Gasteiger partial charge in [0.1, 0.15) is 10.7 Å². The lowest BCUT2D eigenvalue weighted by atomic mass is 10.1. The molecule has 0 amide bonds. The fourth-order valence-corrected chi connectivity index (χ4v) is 3.28. The van der Waals surface area contributed by atoms with Gasteiger partial charge in [-0.05, 0) is 36.8 Å². The molecule has 0 unspecified atom stereocenters. The lowest BCUT2D eigenvalue weighted by molar-refractivity contribution is 0.0696. The summed E-state index contributed by atoms with van der Waals surface area (Å²) in [5.41, 5.74) is 1.63. The summed E-state index contributed by atoms with van der Waals surface area (Å²) in [7, 11) is 1.84. The minimum atomic E-state index is -0.982. The number of unbranched alkanes of at least 4 members (excludes halogenated alkanes) is 5. The van der Waals surface area contributed by atoms with Gasteiger partial charge in [0.05, 0.1) is 12.2 Å². The van der Waals surface area contributed by atoms with E-state index in [0.717, 1.165) is 24.5 Å². The first kappa shape index (κ1) is 21.9. The molecule has 5 heteroatoms. The Labute approximate surface area is 173 Å². The lowest BCUT2D eigenvalue weighted by Gasteiger charge is -2.21. The van der Waals surface area contributed by atoms with Crippen LogP contribution in [0.1, 0.15) is 61.4 Å². The third kappa shape index (κ3) is 6.34. The Hall–Kier alpha value is -2.40. The van der Waals surface area contributed by atoms with Gasteiger partial charge in [-0.2, -0.15) is 0 Å². The third-order valence-electron chi connectivity index (χ3n) is 4.68. The van der Waals surface area contributed by atoms with Crippen LogP contribution >= 0.6 is 12.2 Å². The van der Waals surface area contributed by atoms with Crippen LogP contribution in [0.4, 0.5) is 5.69 Å². The van der Waals surface area contributed by atoms with Crippen molar-refractivity contribution >= 4 is 28.9 Å². The summed E-state index contributed by atoms with van der Waals surface area (Å²) in [5, 5.41) is 9.37. The SMILES string of the molecule is CCCCCCCCOc1ccc(N(C)C(=S)c2ccccc2C(=O)O)cc1. The molecule has 0 spiro atoms. The summed E-state index contributed by atoms with van der Waals surface area (Å²) >= 11 is 5.53. The molecule has 0 atom stereocenters. The van der Waals surface area contributed by atoms with E-state index < -0.39 is 5.97 Å². The zero-order valence-corrected chi connectivity index (χ0v) is 17.5. The number of carboxylic acids is 1. The van der Waals surface area contributed by atoms with Gasteiger partial charge in [0.15, 0.2) is 0 Å². The average Bonchev–Trinajstić information content (AvgIpc) is 2.72. The molecule has 4 nitrogen and oxygen atoms in total. The third-order valence-corrected chi connectivity index (χ3v) is 5.18. The summed E-state index contributed by atoms with van der Waals surface area (Å²) in [6, 6.07) is 14.5. The van der Waals surface area contributed by atoms with Crippen LogP contribution in [0, 0.1) is 0 Å². The number of benzene rings is 2. The highest BCUT2D eigenvalue weighted by atomic mass is 32.1. The first-order valence-electron chi connectivity index (χ1n) is 9.87. The highest BCUT2D eigenvalue weighted by Gasteiger charge is 2.16. The van der Waals surface area contributed by atoms with E-state index in [-0.39, 0.29) is 5.56 Å². The molecule has 0 aliphatic rings. The number of anilines is 1.